The van der Waals surface area contributed by atoms with Crippen molar-refractivity contribution in [3.63, 3.8) is 0 Å². The van der Waals surface area contributed by atoms with Crippen LogP contribution in [0.1, 0.15) is 45.4 Å². The zero-order valence-corrected chi connectivity index (χ0v) is 11.1. The van der Waals surface area contributed by atoms with E-state index < -0.39 is 5.97 Å². The smallest absolute Gasteiger partial charge is 0.303 e. The number of piperidine rings is 1. The zero-order chi connectivity index (χ0) is 13.1. The summed E-state index contributed by atoms with van der Waals surface area (Å²) < 4.78 is 0. The van der Waals surface area contributed by atoms with Crippen LogP contribution < -0.4 is 0 Å². The van der Waals surface area contributed by atoms with Crippen molar-refractivity contribution in [1.29, 1.82) is 0 Å². The molecular formula is C14H23NO3. The van der Waals surface area contributed by atoms with Gasteiger partial charge in [-0.3, -0.25) is 9.59 Å². The van der Waals surface area contributed by atoms with Crippen molar-refractivity contribution in [1.82, 2.24) is 4.90 Å². The topological polar surface area (TPSA) is 57.6 Å². The summed E-state index contributed by atoms with van der Waals surface area (Å²) >= 11 is 0. The van der Waals surface area contributed by atoms with Crippen molar-refractivity contribution in [3.05, 3.63) is 0 Å². The SMILES string of the molecule is CC(C(=O)N1CCC(CCC(=O)O)CC1)C1CC1. The van der Waals surface area contributed by atoms with Crippen molar-refractivity contribution >= 4 is 11.9 Å². The molecule has 0 aromatic heterocycles. The Balaban J connectivity index is 1.72. The van der Waals surface area contributed by atoms with Gasteiger partial charge >= 0.3 is 5.97 Å². The molecule has 1 amide bonds. The first kappa shape index (κ1) is 13.4. The Morgan fingerprint density at radius 1 is 1.22 bits per heavy atom. The number of amides is 1. The number of hydrogen-bond donors (Lipinski definition) is 1. The molecule has 1 heterocycles. The third-order valence-electron chi connectivity index (χ3n) is 4.41. The number of carbonyl (C=O) groups excluding carboxylic acids is 1. The lowest BCUT2D eigenvalue weighted by Crippen LogP contribution is -2.41. The monoisotopic (exact) mass is 253 g/mol. The standard InChI is InChI=1S/C14H23NO3/c1-10(12-3-4-12)14(18)15-8-6-11(7-9-15)2-5-13(16)17/h10-12H,2-9H2,1H3,(H,16,17). The third-order valence-corrected chi connectivity index (χ3v) is 4.41. The predicted octanol–water partition coefficient (Wildman–Crippen LogP) is 2.14. The van der Waals surface area contributed by atoms with Crippen LogP contribution in [-0.2, 0) is 9.59 Å². The minimum absolute atomic E-state index is 0.195. The number of likely N-dealkylation sites (tertiary alicyclic amines) is 1. The fraction of sp³-hybridized carbons (Fsp3) is 0.857. The first-order valence-electron chi connectivity index (χ1n) is 7.08. The quantitative estimate of drug-likeness (QED) is 0.816. The van der Waals surface area contributed by atoms with E-state index in [9.17, 15) is 9.59 Å². The number of aliphatic carboxylic acids is 1. The van der Waals surface area contributed by atoms with Gasteiger partial charge in [0.25, 0.3) is 0 Å². The molecule has 2 fully saturated rings. The summed E-state index contributed by atoms with van der Waals surface area (Å²) in [6.07, 6.45) is 5.38. The molecule has 4 nitrogen and oxygen atoms in total. The van der Waals surface area contributed by atoms with E-state index in [4.69, 9.17) is 5.11 Å². The van der Waals surface area contributed by atoms with Gasteiger partial charge in [0.15, 0.2) is 0 Å². The van der Waals surface area contributed by atoms with Crippen LogP contribution in [0.2, 0.25) is 0 Å². The van der Waals surface area contributed by atoms with Crippen LogP contribution in [0.4, 0.5) is 0 Å². The molecular weight excluding hydrogens is 230 g/mol. The normalized spacial score (nSPS) is 22.8. The van der Waals surface area contributed by atoms with Gasteiger partial charge in [-0.05, 0) is 43.9 Å². The van der Waals surface area contributed by atoms with Crippen LogP contribution in [0.3, 0.4) is 0 Å². The van der Waals surface area contributed by atoms with Crippen LogP contribution in [0.25, 0.3) is 0 Å². The number of carboxylic acids is 1. The Labute approximate surface area is 108 Å². The lowest BCUT2D eigenvalue weighted by atomic mass is 9.91. The number of hydrogen-bond acceptors (Lipinski definition) is 2. The van der Waals surface area contributed by atoms with E-state index in [2.05, 4.69) is 6.92 Å². The highest BCUT2D eigenvalue weighted by Crippen LogP contribution is 2.38. The second-order valence-corrected chi connectivity index (χ2v) is 5.83. The molecule has 1 atom stereocenters. The van der Waals surface area contributed by atoms with E-state index in [0.717, 1.165) is 32.4 Å². The summed E-state index contributed by atoms with van der Waals surface area (Å²) in [6.45, 7) is 3.69. The van der Waals surface area contributed by atoms with Gasteiger partial charge in [-0.2, -0.15) is 0 Å². The van der Waals surface area contributed by atoms with Crippen LogP contribution in [0.5, 0.6) is 0 Å². The Morgan fingerprint density at radius 3 is 2.33 bits per heavy atom. The summed E-state index contributed by atoms with van der Waals surface area (Å²) in [7, 11) is 0. The van der Waals surface area contributed by atoms with Crippen molar-refractivity contribution < 1.29 is 14.7 Å². The van der Waals surface area contributed by atoms with Crippen LogP contribution in [0.15, 0.2) is 0 Å². The number of carbonyl (C=O) groups is 2. The number of nitrogens with zero attached hydrogens (tertiary/aromatic N) is 1. The van der Waals surface area contributed by atoms with E-state index in [0.29, 0.717) is 17.7 Å². The van der Waals surface area contributed by atoms with Gasteiger partial charge in [-0.1, -0.05) is 6.92 Å². The van der Waals surface area contributed by atoms with E-state index in [1.165, 1.54) is 12.8 Å². The fourth-order valence-corrected chi connectivity index (χ4v) is 2.86. The molecule has 1 saturated carbocycles. The molecule has 0 radical (unpaired) electrons. The van der Waals surface area contributed by atoms with Crippen LogP contribution in [-0.4, -0.2) is 35.0 Å². The van der Waals surface area contributed by atoms with Crippen LogP contribution >= 0.6 is 0 Å². The van der Waals surface area contributed by atoms with E-state index in [-0.39, 0.29) is 12.3 Å². The molecule has 2 aliphatic rings. The predicted molar refractivity (Wildman–Crippen MR) is 68.1 cm³/mol. The summed E-state index contributed by atoms with van der Waals surface area (Å²) in [5, 5.41) is 8.66. The molecule has 1 unspecified atom stereocenters. The van der Waals surface area contributed by atoms with E-state index >= 15 is 0 Å². The third kappa shape index (κ3) is 3.47. The molecule has 102 valence electrons. The highest BCUT2D eigenvalue weighted by atomic mass is 16.4. The molecule has 2 rings (SSSR count). The van der Waals surface area contributed by atoms with Gasteiger partial charge < -0.3 is 10.0 Å². The molecule has 0 aromatic rings. The van der Waals surface area contributed by atoms with E-state index in [1.54, 1.807) is 0 Å². The molecule has 18 heavy (non-hydrogen) atoms. The summed E-state index contributed by atoms with van der Waals surface area (Å²) in [5.74, 6) is 0.911. The first-order valence-corrected chi connectivity index (χ1v) is 7.08. The molecule has 1 aliphatic carbocycles. The average molecular weight is 253 g/mol. The van der Waals surface area contributed by atoms with Gasteiger partial charge in [0.2, 0.25) is 5.91 Å². The molecule has 1 aliphatic heterocycles. The van der Waals surface area contributed by atoms with Crippen molar-refractivity contribution in [2.24, 2.45) is 17.8 Å². The maximum absolute atomic E-state index is 12.2. The minimum Gasteiger partial charge on any atom is -0.481 e. The maximum atomic E-state index is 12.2. The van der Waals surface area contributed by atoms with Crippen molar-refractivity contribution in [2.75, 3.05) is 13.1 Å². The summed E-state index contributed by atoms with van der Waals surface area (Å²) in [4.78, 5) is 24.7. The van der Waals surface area contributed by atoms with Gasteiger partial charge in [0.05, 0.1) is 0 Å². The summed E-state index contributed by atoms with van der Waals surface area (Å²) in [6, 6.07) is 0. The zero-order valence-electron chi connectivity index (χ0n) is 11.1. The number of carboxylic acid groups (broad SMARTS) is 1. The molecule has 0 spiro atoms. The number of rotatable bonds is 5. The fourth-order valence-electron chi connectivity index (χ4n) is 2.86. The molecule has 1 N–H and O–H groups in total. The lowest BCUT2D eigenvalue weighted by molar-refractivity contribution is -0.139. The maximum Gasteiger partial charge on any atom is 0.303 e. The first-order chi connectivity index (χ1) is 8.58. The van der Waals surface area contributed by atoms with Gasteiger partial charge in [-0.25, -0.2) is 0 Å². The van der Waals surface area contributed by atoms with Crippen molar-refractivity contribution in [2.45, 2.75) is 45.4 Å². The largest absolute Gasteiger partial charge is 0.481 e. The van der Waals surface area contributed by atoms with Gasteiger partial charge in [0, 0.05) is 25.4 Å². The Morgan fingerprint density at radius 2 is 1.83 bits per heavy atom. The Kier molecular flexibility index (Phi) is 4.25. The molecule has 0 aromatic carbocycles. The highest BCUT2D eigenvalue weighted by Gasteiger charge is 2.35. The van der Waals surface area contributed by atoms with E-state index in [1.807, 2.05) is 4.90 Å². The lowest BCUT2D eigenvalue weighted by Gasteiger charge is -2.33. The Bertz CT molecular complexity index is 317. The van der Waals surface area contributed by atoms with Crippen LogP contribution in [0, 0.1) is 17.8 Å². The Hall–Kier alpha value is -1.06. The molecule has 0 bridgehead atoms. The van der Waals surface area contributed by atoms with Gasteiger partial charge in [-0.15, -0.1) is 0 Å². The van der Waals surface area contributed by atoms with Crippen molar-refractivity contribution in [3.8, 4) is 0 Å². The molecule has 1 saturated heterocycles. The average Bonchev–Trinajstić information content (AvgIpc) is 3.19. The minimum atomic E-state index is -0.712. The van der Waals surface area contributed by atoms with Gasteiger partial charge in [0.1, 0.15) is 0 Å². The summed E-state index contributed by atoms with van der Waals surface area (Å²) in [5.41, 5.74) is 0. The second kappa shape index (κ2) is 5.72. The highest BCUT2D eigenvalue weighted by molar-refractivity contribution is 5.79. The second-order valence-electron chi connectivity index (χ2n) is 5.83. The molecule has 4 heteroatoms.